The number of aromatic nitrogens is 2. The second-order valence-corrected chi connectivity index (χ2v) is 7.69. The Kier molecular flexibility index (Phi) is 13.6. The molecule has 7 nitrogen and oxygen atoms in total. The van der Waals surface area contributed by atoms with E-state index in [1.807, 2.05) is 78.2 Å². The van der Waals surface area contributed by atoms with Gasteiger partial charge < -0.3 is 23.6 Å². The van der Waals surface area contributed by atoms with Gasteiger partial charge in [0.05, 0.1) is 23.9 Å². The van der Waals surface area contributed by atoms with E-state index in [0.717, 1.165) is 65.0 Å². The minimum absolute atomic E-state index is 0.785. The Morgan fingerprint density at radius 1 is 0.706 bits per heavy atom. The third-order valence-corrected chi connectivity index (χ3v) is 4.79. The highest BCUT2D eigenvalue weighted by Gasteiger charge is 2.12. The summed E-state index contributed by atoms with van der Waals surface area (Å²) in [5.74, 6) is 0.826. The summed E-state index contributed by atoms with van der Waals surface area (Å²) in [6.45, 7) is 9.94. The molecular formula is C27H42N4O3. The van der Waals surface area contributed by atoms with Gasteiger partial charge in [-0.25, -0.2) is 0 Å². The Labute approximate surface area is 204 Å². The lowest BCUT2D eigenvalue weighted by Crippen LogP contribution is -2.15. The Bertz CT molecular complexity index is 1070. The first-order chi connectivity index (χ1) is 16.5. The zero-order valence-electron chi connectivity index (χ0n) is 22.4. The second kappa shape index (κ2) is 15.9. The maximum atomic E-state index is 5.32. The predicted octanol–water partition coefficient (Wildman–Crippen LogP) is 5.92. The molecule has 0 atom stereocenters. The first-order valence-corrected chi connectivity index (χ1v) is 12.0. The van der Waals surface area contributed by atoms with Crippen LogP contribution in [-0.2, 0) is 12.8 Å². The number of hydrogen-bond acceptors (Lipinski definition) is 7. The van der Waals surface area contributed by atoms with Crippen LogP contribution in [0.5, 0.6) is 5.75 Å². The maximum Gasteiger partial charge on any atom is 0.170 e. The number of likely N-dealkylation sites (N-methyl/N-ethyl adjacent to an activating group) is 2. The average molecular weight is 471 g/mol. The lowest BCUT2D eigenvalue weighted by atomic mass is 10.1. The van der Waals surface area contributed by atoms with E-state index in [-0.39, 0.29) is 0 Å². The first-order valence-electron chi connectivity index (χ1n) is 12.0. The summed E-state index contributed by atoms with van der Waals surface area (Å²) in [5, 5.41) is 10.3. The van der Waals surface area contributed by atoms with E-state index in [9.17, 15) is 0 Å². The lowest BCUT2D eigenvalue weighted by molar-refractivity contribution is 0.398. The van der Waals surface area contributed by atoms with Crippen molar-refractivity contribution < 1.29 is 13.8 Å². The summed E-state index contributed by atoms with van der Waals surface area (Å²) in [6, 6.07) is 13.7. The van der Waals surface area contributed by atoms with Gasteiger partial charge in [0.1, 0.15) is 5.75 Å². The van der Waals surface area contributed by atoms with E-state index in [0.29, 0.717) is 0 Å². The van der Waals surface area contributed by atoms with Crippen LogP contribution in [0, 0.1) is 0 Å². The van der Waals surface area contributed by atoms with Gasteiger partial charge in [-0.2, -0.15) is 0 Å². The molecule has 4 aromatic rings. The van der Waals surface area contributed by atoms with Crippen LogP contribution in [0.4, 0.5) is 0 Å². The molecule has 0 amide bonds. The van der Waals surface area contributed by atoms with Gasteiger partial charge in [-0.05, 0) is 52.5 Å². The minimum atomic E-state index is 0.785. The molecule has 188 valence electrons. The molecule has 0 fully saturated rings. The van der Waals surface area contributed by atoms with Crippen molar-refractivity contribution in [3.63, 3.8) is 0 Å². The van der Waals surface area contributed by atoms with Crippen LogP contribution >= 0.6 is 0 Å². The number of benzene rings is 2. The highest BCUT2D eigenvalue weighted by molar-refractivity contribution is 5.86. The van der Waals surface area contributed by atoms with Crippen molar-refractivity contribution in [1.29, 1.82) is 0 Å². The molecule has 0 saturated heterocycles. The molecular weight excluding hydrogens is 428 g/mol. The maximum absolute atomic E-state index is 5.32. The van der Waals surface area contributed by atoms with Crippen LogP contribution in [0.3, 0.4) is 0 Å². The summed E-state index contributed by atoms with van der Waals surface area (Å²) in [7, 11) is 9.86. The van der Waals surface area contributed by atoms with Crippen LogP contribution in [0.1, 0.15) is 39.1 Å². The van der Waals surface area contributed by atoms with Crippen molar-refractivity contribution >= 4 is 21.9 Å². The topological polar surface area (TPSA) is 67.8 Å². The average Bonchev–Trinajstić information content (AvgIpc) is 3.48. The second-order valence-electron chi connectivity index (χ2n) is 7.69. The largest absolute Gasteiger partial charge is 0.496 e. The summed E-state index contributed by atoms with van der Waals surface area (Å²) >= 11 is 0. The van der Waals surface area contributed by atoms with Crippen molar-refractivity contribution in [2.45, 2.75) is 40.5 Å². The molecule has 0 aliphatic rings. The van der Waals surface area contributed by atoms with E-state index < -0.39 is 0 Å². The summed E-state index contributed by atoms with van der Waals surface area (Å²) < 4.78 is 15.8. The van der Waals surface area contributed by atoms with Gasteiger partial charge in [0, 0.05) is 31.3 Å². The standard InChI is InChI=1S/C12H16N2O2.C11H14N2O.2C2H6/c1-14(2)8-7-9-12-10(15-3)5-4-6-11(12)16-13-9;1-13(2)8-7-10-9-5-3-4-6-11(9)14-12-10;2*1-2/h4-6H,7-8H2,1-3H3;3-6H,7-8H2,1-2H3;2*1-2H3. The van der Waals surface area contributed by atoms with Gasteiger partial charge in [0.15, 0.2) is 11.2 Å². The van der Waals surface area contributed by atoms with Gasteiger partial charge in [0.25, 0.3) is 0 Å². The van der Waals surface area contributed by atoms with Crippen LogP contribution in [-0.4, -0.2) is 68.5 Å². The van der Waals surface area contributed by atoms with Crippen LogP contribution < -0.4 is 4.74 Å². The fraction of sp³-hybridized carbons (Fsp3) is 0.481. The van der Waals surface area contributed by atoms with Crippen molar-refractivity contribution in [2.75, 3.05) is 48.4 Å². The van der Waals surface area contributed by atoms with Crippen molar-refractivity contribution in [1.82, 2.24) is 20.1 Å². The molecule has 0 saturated carbocycles. The molecule has 0 N–H and O–H groups in total. The lowest BCUT2D eigenvalue weighted by Gasteiger charge is -2.07. The van der Waals surface area contributed by atoms with Crippen molar-refractivity contribution in [2.24, 2.45) is 0 Å². The third-order valence-electron chi connectivity index (χ3n) is 4.79. The summed E-state index contributed by atoms with van der Waals surface area (Å²) in [5.41, 5.74) is 3.67. The normalized spacial score (nSPS) is 10.3. The van der Waals surface area contributed by atoms with Crippen molar-refractivity contribution in [3.8, 4) is 5.75 Å². The predicted molar refractivity (Wildman–Crippen MR) is 142 cm³/mol. The fourth-order valence-corrected chi connectivity index (χ4v) is 3.14. The third kappa shape index (κ3) is 8.47. The van der Waals surface area contributed by atoms with Gasteiger partial charge in [0.2, 0.25) is 0 Å². The molecule has 2 aromatic heterocycles. The zero-order valence-corrected chi connectivity index (χ0v) is 22.4. The SMILES string of the molecule is CC.CC.CN(C)CCc1noc2ccccc12.COc1cccc2onc(CCN(C)C)c12. The van der Waals surface area contributed by atoms with E-state index in [1.54, 1.807) is 7.11 Å². The molecule has 0 unspecified atom stereocenters. The smallest absolute Gasteiger partial charge is 0.170 e. The van der Waals surface area contributed by atoms with Gasteiger partial charge >= 0.3 is 0 Å². The van der Waals surface area contributed by atoms with Gasteiger partial charge in [-0.15, -0.1) is 0 Å². The van der Waals surface area contributed by atoms with Gasteiger partial charge in [-0.3, -0.25) is 0 Å². The molecule has 2 heterocycles. The van der Waals surface area contributed by atoms with Crippen molar-refractivity contribution in [3.05, 3.63) is 53.9 Å². The zero-order chi connectivity index (χ0) is 25.5. The quantitative estimate of drug-likeness (QED) is 0.332. The van der Waals surface area contributed by atoms with Crippen LogP contribution in [0.15, 0.2) is 51.5 Å². The molecule has 2 aromatic carbocycles. The highest BCUT2D eigenvalue weighted by atomic mass is 16.5. The fourth-order valence-electron chi connectivity index (χ4n) is 3.14. The van der Waals surface area contributed by atoms with Crippen LogP contribution in [0.25, 0.3) is 21.9 Å². The van der Waals surface area contributed by atoms with E-state index in [1.165, 1.54) is 0 Å². The number of ether oxygens (including phenoxy) is 1. The number of rotatable bonds is 7. The van der Waals surface area contributed by atoms with Crippen LogP contribution in [0.2, 0.25) is 0 Å². The molecule has 4 rings (SSSR count). The minimum Gasteiger partial charge on any atom is -0.496 e. The number of hydrogen-bond donors (Lipinski definition) is 0. The number of fused-ring (bicyclic) bond motifs is 2. The first kappa shape index (κ1) is 29.1. The van der Waals surface area contributed by atoms with E-state index in [4.69, 9.17) is 13.8 Å². The van der Waals surface area contributed by atoms with E-state index >= 15 is 0 Å². The Balaban J connectivity index is 0.000000299. The molecule has 0 radical (unpaired) electrons. The van der Waals surface area contributed by atoms with E-state index in [2.05, 4.69) is 40.3 Å². The Morgan fingerprint density at radius 3 is 1.85 bits per heavy atom. The molecule has 0 bridgehead atoms. The summed E-state index contributed by atoms with van der Waals surface area (Å²) in [4.78, 5) is 4.26. The molecule has 0 aliphatic heterocycles. The summed E-state index contributed by atoms with van der Waals surface area (Å²) in [6.07, 6.45) is 1.80. The molecule has 34 heavy (non-hydrogen) atoms. The molecule has 7 heteroatoms. The number of nitrogens with zero attached hydrogens (tertiary/aromatic N) is 4. The van der Waals surface area contributed by atoms with Gasteiger partial charge in [-0.1, -0.05) is 56.2 Å². The monoisotopic (exact) mass is 470 g/mol. The Morgan fingerprint density at radius 2 is 1.24 bits per heavy atom. The Hall–Kier alpha value is -2.90. The highest BCUT2D eigenvalue weighted by Crippen LogP contribution is 2.28. The molecule has 0 spiro atoms. The number of methoxy groups -OCH3 is 1. The molecule has 0 aliphatic carbocycles. The number of para-hydroxylation sites is 1.